The Hall–Kier alpha value is 0.0600. The zero-order valence-corrected chi connectivity index (χ0v) is 12.4. The van der Waals surface area contributed by atoms with Gasteiger partial charge < -0.3 is 10.1 Å². The van der Waals surface area contributed by atoms with Gasteiger partial charge in [0.25, 0.3) is 0 Å². The van der Waals surface area contributed by atoms with Crippen LogP contribution in [0.2, 0.25) is 0 Å². The molecule has 1 aromatic heterocycles. The number of ether oxygens (including phenoxy) is 1. The van der Waals surface area contributed by atoms with Crippen molar-refractivity contribution < 1.29 is 4.74 Å². The monoisotopic (exact) mass is 318 g/mol. The summed E-state index contributed by atoms with van der Waals surface area (Å²) in [5.41, 5.74) is 0. The summed E-state index contributed by atoms with van der Waals surface area (Å²) >= 11 is 5.31. The van der Waals surface area contributed by atoms with E-state index in [2.05, 4.69) is 38.3 Å². The highest BCUT2D eigenvalue weighted by atomic mass is 79.9. The predicted octanol–water partition coefficient (Wildman–Crippen LogP) is 1.97. The Morgan fingerprint density at radius 1 is 1.29 bits per heavy atom. The van der Waals surface area contributed by atoms with Crippen molar-refractivity contribution in [1.29, 1.82) is 0 Å². The number of hydrogen-bond donors (Lipinski definition) is 1. The number of nitrogens with zero attached hydrogens (tertiary/aromatic N) is 1. The Balaban J connectivity index is 1.51. The van der Waals surface area contributed by atoms with Crippen molar-refractivity contribution in [2.24, 2.45) is 0 Å². The average Bonchev–Trinajstić information content (AvgIpc) is 2.76. The summed E-state index contributed by atoms with van der Waals surface area (Å²) in [7, 11) is 0. The fourth-order valence-corrected chi connectivity index (χ4v) is 3.37. The molecule has 2 heterocycles. The van der Waals surface area contributed by atoms with E-state index in [0.29, 0.717) is 0 Å². The third kappa shape index (κ3) is 5.06. The van der Waals surface area contributed by atoms with E-state index in [1.54, 1.807) is 0 Å². The van der Waals surface area contributed by atoms with Gasteiger partial charge in [0.1, 0.15) is 0 Å². The average molecular weight is 319 g/mol. The quantitative estimate of drug-likeness (QED) is 0.812. The lowest BCUT2D eigenvalue weighted by molar-refractivity contribution is 0.0385. The lowest BCUT2D eigenvalue weighted by Crippen LogP contribution is -2.40. The van der Waals surface area contributed by atoms with Crippen molar-refractivity contribution in [3.63, 3.8) is 0 Å². The van der Waals surface area contributed by atoms with Gasteiger partial charge in [-0.1, -0.05) is 0 Å². The number of morpholine rings is 1. The second kappa shape index (κ2) is 7.48. The minimum Gasteiger partial charge on any atom is -0.379 e. The lowest BCUT2D eigenvalue weighted by Gasteiger charge is -2.26. The zero-order valence-electron chi connectivity index (χ0n) is 9.95. The second-order valence-electron chi connectivity index (χ2n) is 4.16. The minimum absolute atomic E-state index is 0.892. The van der Waals surface area contributed by atoms with Gasteiger partial charge in [0, 0.05) is 37.6 Å². The highest BCUT2D eigenvalue weighted by molar-refractivity contribution is 9.11. The maximum atomic E-state index is 5.32. The van der Waals surface area contributed by atoms with Crippen LogP contribution in [0.25, 0.3) is 0 Å². The molecule has 1 aliphatic rings. The van der Waals surface area contributed by atoms with Crippen molar-refractivity contribution in [1.82, 2.24) is 10.2 Å². The Labute approximate surface area is 115 Å². The third-order valence-electron chi connectivity index (χ3n) is 2.89. The fraction of sp³-hybridized carbons (Fsp3) is 0.667. The van der Waals surface area contributed by atoms with E-state index in [4.69, 9.17) is 4.74 Å². The van der Waals surface area contributed by atoms with Gasteiger partial charge in [0.05, 0.1) is 17.0 Å². The molecule has 0 unspecified atom stereocenters. The van der Waals surface area contributed by atoms with Gasteiger partial charge in [-0.15, -0.1) is 11.3 Å². The first-order chi connectivity index (χ1) is 8.34. The zero-order chi connectivity index (χ0) is 11.9. The van der Waals surface area contributed by atoms with Crippen molar-refractivity contribution in [2.75, 3.05) is 45.9 Å². The highest BCUT2D eigenvalue weighted by Gasteiger charge is 2.08. The van der Waals surface area contributed by atoms with E-state index in [0.717, 1.165) is 52.4 Å². The maximum absolute atomic E-state index is 5.32. The van der Waals surface area contributed by atoms with Crippen LogP contribution in [0.3, 0.4) is 0 Å². The molecule has 1 aromatic rings. The summed E-state index contributed by atoms with van der Waals surface area (Å²) < 4.78 is 6.55. The van der Waals surface area contributed by atoms with E-state index in [-0.39, 0.29) is 0 Å². The molecule has 0 saturated carbocycles. The Morgan fingerprint density at radius 2 is 2.12 bits per heavy atom. The summed E-state index contributed by atoms with van der Waals surface area (Å²) in [6.07, 6.45) is 1.12. The summed E-state index contributed by atoms with van der Waals surface area (Å²) in [4.78, 5) is 3.90. The van der Waals surface area contributed by atoms with Crippen LogP contribution in [0.4, 0.5) is 0 Å². The third-order valence-corrected chi connectivity index (χ3v) is 4.57. The van der Waals surface area contributed by atoms with Crippen LogP contribution in [-0.4, -0.2) is 50.8 Å². The van der Waals surface area contributed by atoms with Crippen molar-refractivity contribution in [3.8, 4) is 0 Å². The molecule has 2 rings (SSSR count). The largest absolute Gasteiger partial charge is 0.379 e. The lowest BCUT2D eigenvalue weighted by atomic mass is 10.3. The molecule has 0 aliphatic carbocycles. The van der Waals surface area contributed by atoms with Crippen molar-refractivity contribution in [2.45, 2.75) is 6.42 Å². The molecular weight excluding hydrogens is 300 g/mol. The number of hydrogen-bond acceptors (Lipinski definition) is 4. The Kier molecular flexibility index (Phi) is 5.94. The molecule has 17 heavy (non-hydrogen) atoms. The van der Waals surface area contributed by atoms with Gasteiger partial charge in [-0.3, -0.25) is 4.90 Å². The number of nitrogens with one attached hydrogen (secondary N) is 1. The maximum Gasteiger partial charge on any atom is 0.0701 e. The summed E-state index contributed by atoms with van der Waals surface area (Å²) in [6, 6.07) is 4.31. The van der Waals surface area contributed by atoms with E-state index in [1.165, 1.54) is 8.66 Å². The van der Waals surface area contributed by atoms with Crippen LogP contribution < -0.4 is 5.32 Å². The SMILES string of the molecule is Brc1ccc(CCNCCN2CCOCC2)s1. The molecule has 0 spiro atoms. The number of rotatable bonds is 6. The molecule has 0 radical (unpaired) electrons. The number of halogens is 1. The molecule has 0 amide bonds. The molecule has 3 nitrogen and oxygen atoms in total. The van der Waals surface area contributed by atoms with Gasteiger partial charge in [0.15, 0.2) is 0 Å². The molecule has 0 aromatic carbocycles. The molecule has 0 atom stereocenters. The van der Waals surface area contributed by atoms with Gasteiger partial charge in [-0.05, 0) is 34.5 Å². The van der Waals surface area contributed by atoms with E-state index < -0.39 is 0 Å². The molecule has 1 fully saturated rings. The van der Waals surface area contributed by atoms with E-state index in [1.807, 2.05) is 11.3 Å². The van der Waals surface area contributed by atoms with Crippen LogP contribution in [-0.2, 0) is 11.2 Å². The van der Waals surface area contributed by atoms with Crippen LogP contribution in [0.5, 0.6) is 0 Å². The van der Waals surface area contributed by atoms with Crippen LogP contribution in [0.1, 0.15) is 4.88 Å². The smallest absolute Gasteiger partial charge is 0.0701 e. The van der Waals surface area contributed by atoms with Crippen molar-refractivity contribution >= 4 is 27.3 Å². The van der Waals surface area contributed by atoms with Crippen molar-refractivity contribution in [3.05, 3.63) is 20.8 Å². The fourth-order valence-electron chi connectivity index (χ4n) is 1.88. The Bertz CT molecular complexity index is 326. The molecule has 1 aliphatic heterocycles. The second-order valence-corrected chi connectivity index (χ2v) is 6.71. The normalized spacial score (nSPS) is 17.5. The summed E-state index contributed by atoms with van der Waals surface area (Å²) in [6.45, 7) is 7.23. The first kappa shape index (κ1) is 13.5. The topological polar surface area (TPSA) is 24.5 Å². The van der Waals surface area contributed by atoms with E-state index >= 15 is 0 Å². The highest BCUT2D eigenvalue weighted by Crippen LogP contribution is 2.21. The van der Waals surface area contributed by atoms with Gasteiger partial charge >= 0.3 is 0 Å². The van der Waals surface area contributed by atoms with Crippen LogP contribution in [0.15, 0.2) is 15.9 Å². The minimum atomic E-state index is 0.892. The Morgan fingerprint density at radius 3 is 2.82 bits per heavy atom. The molecule has 0 bridgehead atoms. The van der Waals surface area contributed by atoms with Gasteiger partial charge in [0.2, 0.25) is 0 Å². The predicted molar refractivity (Wildman–Crippen MR) is 75.9 cm³/mol. The molecular formula is C12H19BrN2OS. The van der Waals surface area contributed by atoms with E-state index in [9.17, 15) is 0 Å². The van der Waals surface area contributed by atoms with Crippen LogP contribution >= 0.6 is 27.3 Å². The number of thiophene rings is 1. The first-order valence-electron chi connectivity index (χ1n) is 6.09. The summed E-state index contributed by atoms with van der Waals surface area (Å²) in [5, 5.41) is 3.50. The van der Waals surface area contributed by atoms with Crippen LogP contribution in [0, 0.1) is 0 Å². The van der Waals surface area contributed by atoms with Gasteiger partial charge in [-0.2, -0.15) is 0 Å². The standard InChI is InChI=1S/C12H19BrN2OS/c13-12-2-1-11(17-12)3-4-14-5-6-15-7-9-16-10-8-15/h1-2,14H,3-10H2. The first-order valence-corrected chi connectivity index (χ1v) is 7.70. The molecule has 1 saturated heterocycles. The molecule has 96 valence electrons. The molecule has 1 N–H and O–H groups in total. The van der Waals surface area contributed by atoms with Gasteiger partial charge in [-0.25, -0.2) is 0 Å². The molecule has 5 heteroatoms. The summed E-state index contributed by atoms with van der Waals surface area (Å²) in [5.74, 6) is 0.